The molecule has 4 nitrogen and oxygen atoms in total. The summed E-state index contributed by atoms with van der Waals surface area (Å²) < 4.78 is 15.9. The normalized spacial score (nSPS) is 14.1. The summed E-state index contributed by atoms with van der Waals surface area (Å²) in [4.78, 5) is 15.2. The van der Waals surface area contributed by atoms with Crippen molar-refractivity contribution in [2.45, 2.75) is 32.7 Å². The van der Waals surface area contributed by atoms with Gasteiger partial charge in [0, 0.05) is 18.4 Å². The summed E-state index contributed by atoms with van der Waals surface area (Å²) in [5, 5.41) is 9.43. The van der Waals surface area contributed by atoms with Crippen LogP contribution in [0.3, 0.4) is 0 Å². The van der Waals surface area contributed by atoms with Crippen molar-refractivity contribution in [2.24, 2.45) is 0 Å². The van der Waals surface area contributed by atoms with Crippen LogP contribution in [0.4, 0.5) is 4.39 Å². The van der Waals surface area contributed by atoms with Crippen LogP contribution in [0.5, 0.6) is 0 Å². The molecule has 0 aromatic carbocycles. The topological polar surface area (TPSA) is 55.1 Å². The van der Waals surface area contributed by atoms with E-state index in [1.165, 1.54) is 6.20 Å². The Morgan fingerprint density at radius 3 is 2.95 bits per heavy atom. The largest absolute Gasteiger partial charge is 0.478 e. The van der Waals surface area contributed by atoms with Gasteiger partial charge in [-0.3, -0.25) is 0 Å². The van der Waals surface area contributed by atoms with E-state index in [9.17, 15) is 14.3 Å². The van der Waals surface area contributed by atoms with Crippen LogP contribution < -0.4 is 0 Å². The van der Waals surface area contributed by atoms with Gasteiger partial charge >= 0.3 is 5.97 Å². The quantitative estimate of drug-likeness (QED) is 0.856. The number of carboxylic acids is 1. The molecular weight excluding hydrogens is 259 g/mol. The molecule has 2 aromatic rings. The van der Waals surface area contributed by atoms with E-state index in [1.807, 2.05) is 4.57 Å². The first kappa shape index (κ1) is 12.8. The van der Waals surface area contributed by atoms with Gasteiger partial charge in [0.1, 0.15) is 0 Å². The first-order valence-electron chi connectivity index (χ1n) is 6.67. The molecule has 5 heteroatoms. The number of carbonyl (C=O) groups is 1. The molecule has 2 aromatic heterocycles. The van der Waals surface area contributed by atoms with Crippen LogP contribution in [0.15, 0.2) is 18.3 Å². The minimum Gasteiger partial charge on any atom is -0.478 e. The van der Waals surface area contributed by atoms with E-state index in [2.05, 4.69) is 4.98 Å². The second kappa shape index (κ2) is 4.74. The zero-order valence-corrected chi connectivity index (χ0v) is 11.2. The van der Waals surface area contributed by atoms with Gasteiger partial charge in [-0.05, 0) is 43.9 Å². The van der Waals surface area contributed by atoms with Crippen molar-refractivity contribution in [3.8, 4) is 11.3 Å². The first-order chi connectivity index (χ1) is 9.61. The molecule has 0 saturated carbocycles. The molecule has 0 saturated heterocycles. The molecule has 0 bridgehead atoms. The van der Waals surface area contributed by atoms with Crippen molar-refractivity contribution < 1.29 is 14.3 Å². The maximum atomic E-state index is 14.0. The molecule has 1 aliphatic heterocycles. The molecule has 0 aliphatic carbocycles. The average Bonchev–Trinajstić information content (AvgIpc) is 2.71. The van der Waals surface area contributed by atoms with Gasteiger partial charge in [-0.1, -0.05) is 0 Å². The van der Waals surface area contributed by atoms with Crippen molar-refractivity contribution in [3.63, 3.8) is 0 Å². The van der Waals surface area contributed by atoms with Gasteiger partial charge < -0.3 is 9.67 Å². The Morgan fingerprint density at radius 1 is 1.45 bits per heavy atom. The number of pyridine rings is 1. The molecular formula is C15H15FN2O2. The van der Waals surface area contributed by atoms with Crippen LogP contribution in [0, 0.1) is 12.9 Å². The lowest BCUT2D eigenvalue weighted by molar-refractivity contribution is 0.0694. The Morgan fingerprint density at radius 2 is 2.25 bits per heavy atom. The fraction of sp³-hybridized carbons (Fsp3) is 0.333. The third kappa shape index (κ3) is 1.81. The summed E-state index contributed by atoms with van der Waals surface area (Å²) in [7, 11) is 0. The van der Waals surface area contributed by atoms with Gasteiger partial charge in [-0.25, -0.2) is 9.78 Å². The number of rotatable bonds is 2. The lowest BCUT2D eigenvalue weighted by atomic mass is 10.0. The SMILES string of the molecule is Cc1c(C(=O)O)c2n(c1-c1cccnc1F)CCCC2. The van der Waals surface area contributed by atoms with E-state index in [0.717, 1.165) is 31.5 Å². The molecule has 0 unspecified atom stereocenters. The van der Waals surface area contributed by atoms with Gasteiger partial charge in [0.25, 0.3) is 0 Å². The second-order valence-corrected chi connectivity index (χ2v) is 5.05. The Hall–Kier alpha value is -2.17. The number of aromatic carboxylic acids is 1. The van der Waals surface area contributed by atoms with Crippen molar-refractivity contribution in [1.29, 1.82) is 0 Å². The molecule has 0 spiro atoms. The molecule has 1 N–H and O–H groups in total. The van der Waals surface area contributed by atoms with Crippen molar-refractivity contribution >= 4 is 5.97 Å². The standard InChI is InChI=1S/C15H15FN2O2/c1-9-12(15(19)20)11-6-2-3-8-18(11)13(9)10-5-4-7-17-14(10)16/h4-5,7H,2-3,6,8H2,1H3,(H,19,20). The highest BCUT2D eigenvalue weighted by Crippen LogP contribution is 2.35. The van der Waals surface area contributed by atoms with Gasteiger partial charge in [-0.2, -0.15) is 4.39 Å². The Balaban J connectivity index is 2.31. The Labute approximate surface area is 115 Å². The molecule has 1 aliphatic rings. The van der Waals surface area contributed by atoms with Gasteiger partial charge in [0.05, 0.1) is 16.8 Å². The van der Waals surface area contributed by atoms with Gasteiger partial charge in [0.2, 0.25) is 5.95 Å². The van der Waals surface area contributed by atoms with Gasteiger partial charge in [-0.15, -0.1) is 0 Å². The number of carboxylic acid groups (broad SMARTS) is 1. The predicted octanol–water partition coefficient (Wildman–Crippen LogP) is 3.03. The zero-order valence-electron chi connectivity index (χ0n) is 11.2. The molecule has 20 heavy (non-hydrogen) atoms. The highest BCUT2D eigenvalue weighted by molar-refractivity contribution is 5.94. The van der Waals surface area contributed by atoms with Crippen LogP contribution in [0.25, 0.3) is 11.3 Å². The first-order valence-corrected chi connectivity index (χ1v) is 6.67. The Bertz CT molecular complexity index is 691. The van der Waals surface area contributed by atoms with Crippen LogP contribution in [0.1, 0.15) is 34.5 Å². The maximum Gasteiger partial charge on any atom is 0.337 e. The van der Waals surface area contributed by atoms with E-state index in [4.69, 9.17) is 0 Å². The van der Waals surface area contributed by atoms with E-state index < -0.39 is 11.9 Å². The molecule has 0 radical (unpaired) electrons. The summed E-state index contributed by atoms with van der Waals surface area (Å²) in [6.07, 6.45) is 4.07. The summed E-state index contributed by atoms with van der Waals surface area (Å²) in [6.45, 7) is 2.48. The number of nitrogens with zero attached hydrogens (tertiary/aromatic N) is 2. The summed E-state index contributed by atoms with van der Waals surface area (Å²) in [5.41, 5.74) is 2.78. The van der Waals surface area contributed by atoms with Crippen LogP contribution in [-0.2, 0) is 13.0 Å². The number of hydrogen-bond donors (Lipinski definition) is 1. The third-order valence-corrected chi connectivity index (χ3v) is 3.89. The minimum atomic E-state index is -0.941. The number of fused-ring (bicyclic) bond motifs is 1. The van der Waals surface area contributed by atoms with E-state index in [-0.39, 0.29) is 0 Å². The predicted molar refractivity (Wildman–Crippen MR) is 72.3 cm³/mol. The average molecular weight is 274 g/mol. The third-order valence-electron chi connectivity index (χ3n) is 3.89. The summed E-state index contributed by atoms with van der Waals surface area (Å²) in [5.74, 6) is -1.50. The second-order valence-electron chi connectivity index (χ2n) is 5.05. The van der Waals surface area contributed by atoms with Crippen LogP contribution >= 0.6 is 0 Å². The smallest absolute Gasteiger partial charge is 0.337 e. The minimum absolute atomic E-state index is 0.322. The maximum absolute atomic E-state index is 14.0. The van der Waals surface area contributed by atoms with E-state index >= 15 is 0 Å². The highest BCUT2D eigenvalue weighted by Gasteiger charge is 2.28. The molecule has 104 valence electrons. The monoisotopic (exact) mass is 274 g/mol. The van der Waals surface area contributed by atoms with Crippen LogP contribution in [0.2, 0.25) is 0 Å². The van der Waals surface area contributed by atoms with Crippen molar-refractivity contribution in [2.75, 3.05) is 0 Å². The van der Waals surface area contributed by atoms with Gasteiger partial charge in [0.15, 0.2) is 0 Å². The van der Waals surface area contributed by atoms with Crippen molar-refractivity contribution in [1.82, 2.24) is 9.55 Å². The van der Waals surface area contributed by atoms with E-state index in [1.54, 1.807) is 19.1 Å². The highest BCUT2D eigenvalue weighted by atomic mass is 19.1. The Kier molecular flexibility index (Phi) is 3.04. The lowest BCUT2D eigenvalue weighted by Gasteiger charge is -2.18. The molecule has 3 heterocycles. The summed E-state index contributed by atoms with van der Waals surface area (Å²) >= 11 is 0. The fourth-order valence-electron chi connectivity index (χ4n) is 3.07. The van der Waals surface area contributed by atoms with Crippen molar-refractivity contribution in [3.05, 3.63) is 41.1 Å². The summed E-state index contributed by atoms with van der Waals surface area (Å²) in [6, 6.07) is 3.32. The lowest BCUT2D eigenvalue weighted by Crippen LogP contribution is -2.13. The molecule has 0 amide bonds. The van der Waals surface area contributed by atoms with E-state index in [0.29, 0.717) is 22.4 Å². The molecule has 0 atom stereocenters. The fourth-order valence-corrected chi connectivity index (χ4v) is 3.07. The molecule has 0 fully saturated rings. The zero-order chi connectivity index (χ0) is 14.3. The van der Waals surface area contributed by atoms with Crippen LogP contribution in [-0.4, -0.2) is 20.6 Å². The number of aromatic nitrogens is 2. The number of hydrogen-bond acceptors (Lipinski definition) is 2. The molecule has 3 rings (SSSR count). The number of halogens is 1.